The third-order valence-electron chi connectivity index (χ3n) is 3.06. The Labute approximate surface area is 116 Å². The molecule has 1 saturated heterocycles. The zero-order chi connectivity index (χ0) is 14.5. The largest absolute Gasteiger partial charge is 0.481 e. The minimum Gasteiger partial charge on any atom is -0.481 e. The minimum absolute atomic E-state index is 0.124. The topological polar surface area (TPSA) is 102 Å². The number of amides is 1. The number of ether oxygens (including phenoxy) is 1. The highest BCUT2D eigenvalue weighted by atomic mass is 16.5. The summed E-state index contributed by atoms with van der Waals surface area (Å²) in [5, 5.41) is 11.6. The third-order valence-corrected chi connectivity index (χ3v) is 3.06. The van der Waals surface area contributed by atoms with Gasteiger partial charge in [-0.15, -0.1) is 0 Å². The molecule has 1 aliphatic heterocycles. The Morgan fingerprint density at radius 3 is 2.90 bits per heavy atom. The van der Waals surface area contributed by atoms with Crippen molar-refractivity contribution in [1.82, 2.24) is 5.32 Å². The molecule has 0 spiro atoms. The summed E-state index contributed by atoms with van der Waals surface area (Å²) in [7, 11) is 0. The first kappa shape index (κ1) is 14.1. The summed E-state index contributed by atoms with van der Waals surface area (Å²) in [4.78, 5) is 22.7. The molecule has 6 heteroatoms. The molecular weight excluding hydrogens is 260 g/mol. The summed E-state index contributed by atoms with van der Waals surface area (Å²) in [6, 6.07) is 6.61. The summed E-state index contributed by atoms with van der Waals surface area (Å²) < 4.78 is 5.07. The number of nitrogens with one attached hydrogen (secondary N) is 1. The van der Waals surface area contributed by atoms with Crippen LogP contribution in [0.3, 0.4) is 0 Å². The molecule has 1 fully saturated rings. The quantitative estimate of drug-likeness (QED) is 0.549. The Morgan fingerprint density at radius 1 is 1.40 bits per heavy atom. The summed E-state index contributed by atoms with van der Waals surface area (Å²) >= 11 is 0. The van der Waals surface area contributed by atoms with Crippen LogP contribution in [0, 0.1) is 5.92 Å². The van der Waals surface area contributed by atoms with Crippen molar-refractivity contribution in [1.29, 1.82) is 0 Å². The van der Waals surface area contributed by atoms with E-state index in [9.17, 15) is 9.59 Å². The number of benzene rings is 1. The van der Waals surface area contributed by atoms with Crippen molar-refractivity contribution in [2.75, 3.05) is 18.9 Å². The van der Waals surface area contributed by atoms with E-state index in [0.29, 0.717) is 5.69 Å². The van der Waals surface area contributed by atoms with E-state index >= 15 is 0 Å². The van der Waals surface area contributed by atoms with Crippen LogP contribution in [-0.2, 0) is 14.3 Å². The molecule has 6 nitrogen and oxygen atoms in total. The maximum Gasteiger partial charge on any atom is 0.311 e. The molecule has 106 valence electrons. The van der Waals surface area contributed by atoms with Crippen LogP contribution in [0.1, 0.15) is 5.56 Å². The fourth-order valence-electron chi connectivity index (χ4n) is 2.01. The van der Waals surface area contributed by atoms with Gasteiger partial charge in [-0.05, 0) is 23.8 Å². The Bertz CT molecular complexity index is 542. The number of nitrogen functional groups attached to an aromatic ring is 1. The predicted octanol–water partition coefficient (Wildman–Crippen LogP) is 0.498. The second-order valence-electron chi connectivity index (χ2n) is 4.60. The Balaban J connectivity index is 1.94. The van der Waals surface area contributed by atoms with Gasteiger partial charge in [0.25, 0.3) is 0 Å². The zero-order valence-electron chi connectivity index (χ0n) is 10.8. The molecule has 2 unspecified atom stereocenters. The molecule has 0 bridgehead atoms. The van der Waals surface area contributed by atoms with Crippen molar-refractivity contribution in [3.63, 3.8) is 0 Å². The molecule has 1 aliphatic rings. The van der Waals surface area contributed by atoms with Crippen LogP contribution in [0.25, 0.3) is 6.08 Å². The number of aliphatic carboxylic acids is 1. The van der Waals surface area contributed by atoms with Gasteiger partial charge in [0.1, 0.15) is 5.92 Å². The Morgan fingerprint density at radius 2 is 2.20 bits per heavy atom. The number of carboxylic acids is 1. The van der Waals surface area contributed by atoms with Crippen LogP contribution in [0.4, 0.5) is 5.69 Å². The van der Waals surface area contributed by atoms with Crippen molar-refractivity contribution in [2.45, 2.75) is 6.04 Å². The van der Waals surface area contributed by atoms with E-state index in [1.165, 1.54) is 6.08 Å². The average molecular weight is 276 g/mol. The first-order valence-electron chi connectivity index (χ1n) is 6.21. The standard InChI is InChI=1S/C14H16N2O4/c15-10-3-1-2-9(6-10)4-5-13(17)16-12-8-20-7-11(12)14(18)19/h1-6,11-12H,7-8,15H2,(H,16,17)(H,18,19)/b5-4+. The highest BCUT2D eigenvalue weighted by Gasteiger charge is 2.34. The number of carbonyl (C=O) groups is 2. The molecular formula is C14H16N2O4. The molecule has 1 aromatic carbocycles. The van der Waals surface area contributed by atoms with Gasteiger partial charge in [-0.2, -0.15) is 0 Å². The van der Waals surface area contributed by atoms with Crippen molar-refractivity contribution in [3.05, 3.63) is 35.9 Å². The fourth-order valence-corrected chi connectivity index (χ4v) is 2.01. The van der Waals surface area contributed by atoms with Gasteiger partial charge in [-0.3, -0.25) is 9.59 Å². The number of hydrogen-bond donors (Lipinski definition) is 3. The minimum atomic E-state index is -0.965. The van der Waals surface area contributed by atoms with E-state index in [0.717, 1.165) is 5.56 Å². The van der Waals surface area contributed by atoms with E-state index in [2.05, 4.69) is 5.32 Å². The van der Waals surface area contributed by atoms with Gasteiger partial charge >= 0.3 is 5.97 Å². The molecule has 0 aliphatic carbocycles. The van der Waals surface area contributed by atoms with E-state index in [-0.39, 0.29) is 19.1 Å². The number of anilines is 1. The lowest BCUT2D eigenvalue weighted by molar-refractivity contribution is -0.142. The predicted molar refractivity (Wildman–Crippen MR) is 73.8 cm³/mol. The number of nitrogens with two attached hydrogens (primary N) is 1. The van der Waals surface area contributed by atoms with E-state index in [1.54, 1.807) is 24.3 Å². The normalized spacial score (nSPS) is 22.0. The number of carbonyl (C=O) groups excluding carboxylic acids is 1. The van der Waals surface area contributed by atoms with Gasteiger partial charge in [-0.25, -0.2) is 0 Å². The summed E-state index contributed by atoms with van der Waals surface area (Å²) in [5.41, 5.74) is 7.05. The van der Waals surface area contributed by atoms with Gasteiger partial charge in [0.2, 0.25) is 5.91 Å². The van der Waals surface area contributed by atoms with Crippen LogP contribution in [0.15, 0.2) is 30.3 Å². The monoisotopic (exact) mass is 276 g/mol. The van der Waals surface area contributed by atoms with Crippen molar-refractivity contribution in [3.8, 4) is 0 Å². The van der Waals surface area contributed by atoms with Gasteiger partial charge in [0.05, 0.1) is 19.3 Å². The van der Waals surface area contributed by atoms with Crippen molar-refractivity contribution >= 4 is 23.6 Å². The first-order chi connectivity index (χ1) is 9.56. The molecule has 20 heavy (non-hydrogen) atoms. The number of hydrogen-bond acceptors (Lipinski definition) is 4. The molecule has 2 rings (SSSR count). The maximum absolute atomic E-state index is 11.7. The van der Waals surface area contributed by atoms with Crippen LogP contribution in [0.5, 0.6) is 0 Å². The first-order valence-corrected chi connectivity index (χ1v) is 6.21. The second-order valence-corrected chi connectivity index (χ2v) is 4.60. The van der Waals surface area contributed by atoms with Gasteiger partial charge in [-0.1, -0.05) is 12.1 Å². The van der Waals surface area contributed by atoms with Crippen LogP contribution in [-0.4, -0.2) is 36.2 Å². The van der Waals surface area contributed by atoms with E-state index in [4.69, 9.17) is 15.6 Å². The molecule has 2 atom stereocenters. The second kappa shape index (κ2) is 6.21. The third kappa shape index (κ3) is 3.58. The van der Waals surface area contributed by atoms with Gasteiger partial charge in [0.15, 0.2) is 0 Å². The lowest BCUT2D eigenvalue weighted by Gasteiger charge is -2.14. The van der Waals surface area contributed by atoms with E-state index < -0.39 is 17.9 Å². The van der Waals surface area contributed by atoms with Crippen LogP contribution in [0.2, 0.25) is 0 Å². The van der Waals surface area contributed by atoms with Crippen LogP contribution < -0.4 is 11.1 Å². The molecule has 0 saturated carbocycles. The number of carboxylic acid groups (broad SMARTS) is 1. The van der Waals surface area contributed by atoms with E-state index in [1.807, 2.05) is 6.07 Å². The van der Waals surface area contributed by atoms with Crippen molar-refractivity contribution in [2.24, 2.45) is 5.92 Å². The Hall–Kier alpha value is -2.34. The summed E-state index contributed by atoms with van der Waals surface area (Å²) in [6.45, 7) is 0.341. The SMILES string of the molecule is Nc1cccc(/C=C/C(=O)NC2COCC2C(=O)O)c1. The smallest absolute Gasteiger partial charge is 0.311 e. The molecule has 0 radical (unpaired) electrons. The molecule has 1 amide bonds. The fraction of sp³-hybridized carbons (Fsp3) is 0.286. The molecule has 0 aromatic heterocycles. The van der Waals surface area contributed by atoms with Crippen LogP contribution >= 0.6 is 0 Å². The lowest BCUT2D eigenvalue weighted by Crippen LogP contribution is -2.41. The lowest BCUT2D eigenvalue weighted by atomic mass is 10.0. The Kier molecular flexibility index (Phi) is 4.37. The van der Waals surface area contributed by atoms with Crippen molar-refractivity contribution < 1.29 is 19.4 Å². The highest BCUT2D eigenvalue weighted by Crippen LogP contribution is 2.14. The number of rotatable bonds is 4. The summed E-state index contributed by atoms with van der Waals surface area (Å²) in [6.07, 6.45) is 2.98. The zero-order valence-corrected chi connectivity index (χ0v) is 10.8. The highest BCUT2D eigenvalue weighted by molar-refractivity contribution is 5.92. The van der Waals surface area contributed by atoms with Gasteiger partial charge < -0.3 is 20.9 Å². The van der Waals surface area contributed by atoms with Gasteiger partial charge in [0, 0.05) is 11.8 Å². The average Bonchev–Trinajstić information content (AvgIpc) is 2.85. The summed E-state index contributed by atoms with van der Waals surface area (Å²) in [5.74, 6) is -2.01. The molecule has 4 N–H and O–H groups in total. The maximum atomic E-state index is 11.7. The molecule has 1 aromatic rings. The molecule has 1 heterocycles.